The van der Waals surface area contributed by atoms with Gasteiger partial charge in [0.15, 0.2) is 17.5 Å². The number of nitrogens with zero attached hydrogens (tertiary/aromatic N) is 1. The highest BCUT2D eigenvalue weighted by atomic mass is 32.2. The van der Waals surface area contributed by atoms with E-state index in [-0.39, 0.29) is 23.2 Å². The normalized spacial score (nSPS) is 17.7. The fourth-order valence-electron chi connectivity index (χ4n) is 3.49. The first-order chi connectivity index (χ1) is 15.2. The Morgan fingerprint density at radius 1 is 1.16 bits per heavy atom. The Bertz CT molecular complexity index is 1230. The molecule has 4 rings (SSSR count). The molecule has 166 valence electrons. The lowest BCUT2D eigenvalue weighted by atomic mass is 10.1. The molecule has 1 amide bonds. The van der Waals surface area contributed by atoms with Gasteiger partial charge in [-0.3, -0.25) is 9.57 Å². The number of fused-ring (bicyclic) bond motifs is 1. The summed E-state index contributed by atoms with van der Waals surface area (Å²) in [4.78, 5) is 13.5. The predicted molar refractivity (Wildman–Crippen MR) is 114 cm³/mol. The van der Waals surface area contributed by atoms with Crippen LogP contribution < -0.4 is 10.0 Å². The largest absolute Gasteiger partial charge is 0.345 e. The summed E-state index contributed by atoms with van der Waals surface area (Å²) < 4.78 is 66.5. The number of rotatable bonds is 4. The molecule has 2 unspecified atom stereocenters. The maximum Gasteiger partial charge on any atom is 0.272 e. The fourth-order valence-corrected chi connectivity index (χ4v) is 4.73. The minimum absolute atomic E-state index is 0.190. The third-order valence-corrected chi connectivity index (χ3v) is 6.30. The van der Waals surface area contributed by atoms with Gasteiger partial charge in [-0.05, 0) is 35.0 Å². The topological polar surface area (TPSA) is 69.9 Å². The van der Waals surface area contributed by atoms with Crippen LogP contribution in [0.2, 0.25) is 0 Å². The van der Waals surface area contributed by atoms with E-state index in [0.717, 1.165) is 5.56 Å². The van der Waals surface area contributed by atoms with E-state index in [0.29, 0.717) is 29.0 Å². The molecule has 3 aromatic rings. The van der Waals surface area contributed by atoms with Crippen molar-refractivity contribution in [3.63, 3.8) is 0 Å². The molecule has 1 aliphatic rings. The maximum absolute atomic E-state index is 13.5. The van der Waals surface area contributed by atoms with Crippen molar-refractivity contribution >= 4 is 28.5 Å². The third-order valence-electron chi connectivity index (χ3n) is 4.99. The van der Waals surface area contributed by atoms with Crippen molar-refractivity contribution < 1.29 is 22.4 Å². The van der Waals surface area contributed by atoms with Gasteiger partial charge in [0.2, 0.25) is 0 Å². The Hall–Kier alpha value is -3.24. The van der Waals surface area contributed by atoms with Gasteiger partial charge in [0, 0.05) is 42.7 Å². The van der Waals surface area contributed by atoms with Gasteiger partial charge in [-0.2, -0.15) is 0 Å². The van der Waals surface area contributed by atoms with Gasteiger partial charge >= 0.3 is 0 Å². The summed E-state index contributed by atoms with van der Waals surface area (Å²) in [6, 6.07) is 7.25. The zero-order chi connectivity index (χ0) is 23.0. The van der Waals surface area contributed by atoms with Crippen LogP contribution in [-0.4, -0.2) is 16.5 Å². The van der Waals surface area contributed by atoms with Gasteiger partial charge in [0.25, 0.3) is 5.91 Å². The molecule has 0 aliphatic carbocycles. The van der Waals surface area contributed by atoms with Gasteiger partial charge in [-0.25, -0.2) is 22.3 Å². The second-order valence-corrected chi connectivity index (χ2v) is 8.58. The number of aromatic nitrogens is 1. The molecule has 10 heteroatoms. The molecule has 2 atom stereocenters. The average Bonchev–Trinajstić information content (AvgIpc) is 3.00. The molecule has 0 spiro atoms. The van der Waals surface area contributed by atoms with Gasteiger partial charge in [-0.1, -0.05) is 24.3 Å². The number of nitrogens with one attached hydrogen (secondary N) is 3. The first-order valence-corrected chi connectivity index (χ1v) is 10.7. The van der Waals surface area contributed by atoms with E-state index in [1.165, 1.54) is 16.7 Å². The number of halogens is 4. The van der Waals surface area contributed by atoms with Crippen molar-refractivity contribution in [1.29, 1.82) is 4.78 Å². The second-order valence-electron chi connectivity index (χ2n) is 7.29. The Morgan fingerprint density at radius 2 is 1.81 bits per heavy atom. The highest BCUT2D eigenvalue weighted by Gasteiger charge is 2.25. The maximum atomic E-state index is 13.5. The monoisotopic (exact) mass is 462 g/mol. The van der Waals surface area contributed by atoms with Crippen molar-refractivity contribution in [3.05, 3.63) is 88.8 Å². The number of hydrogen-bond acceptors (Lipinski definition) is 2. The molecule has 2 aromatic carbocycles. The summed E-state index contributed by atoms with van der Waals surface area (Å²) in [6.45, 7) is 0. The van der Waals surface area contributed by atoms with E-state index < -0.39 is 34.2 Å². The van der Waals surface area contributed by atoms with Crippen molar-refractivity contribution in [2.75, 3.05) is 5.32 Å². The molecule has 0 saturated heterocycles. The molecule has 2 heterocycles. The van der Waals surface area contributed by atoms with Crippen LogP contribution in [0.5, 0.6) is 0 Å². The Morgan fingerprint density at radius 3 is 2.47 bits per heavy atom. The molecule has 32 heavy (non-hydrogen) atoms. The van der Waals surface area contributed by atoms with E-state index >= 15 is 0 Å². The Kier molecular flexibility index (Phi) is 5.98. The van der Waals surface area contributed by atoms with Crippen molar-refractivity contribution in [2.24, 2.45) is 7.05 Å². The minimum atomic E-state index is -1.62. The lowest BCUT2D eigenvalue weighted by molar-refractivity contribution is 0.101. The van der Waals surface area contributed by atoms with Crippen LogP contribution in [0.4, 0.5) is 23.2 Å². The van der Waals surface area contributed by atoms with E-state index in [2.05, 4.69) is 10.0 Å². The SMILES string of the molecule is Cn1cc2c(c1C(=O)Nc1cc(F)c(F)c(F)c1)C=CC(Cc1ccc(F)cc1)NS2=N. The fraction of sp³-hybridized carbons (Fsp3) is 0.136. The summed E-state index contributed by atoms with van der Waals surface area (Å²) in [5.74, 6) is -5.42. The van der Waals surface area contributed by atoms with Gasteiger partial charge in [0.1, 0.15) is 11.5 Å². The predicted octanol–water partition coefficient (Wildman–Crippen LogP) is 4.72. The molecular formula is C22H18F4N4OS. The minimum Gasteiger partial charge on any atom is -0.345 e. The van der Waals surface area contributed by atoms with Crippen LogP contribution in [-0.2, 0) is 24.3 Å². The standard InChI is InChI=1S/C22H18F4N4OS/c1-30-11-19-16(21(30)22(31)28-15-9-17(24)20(26)18(25)10-15)7-6-14(29-32(19)27)8-12-2-4-13(23)5-3-12/h2-7,9-11,14H,8H2,1H3,(H2,27,29)(H,28,31). The molecule has 1 aliphatic heterocycles. The summed E-state index contributed by atoms with van der Waals surface area (Å²) in [6.07, 6.45) is 5.70. The van der Waals surface area contributed by atoms with Gasteiger partial charge in [-0.15, -0.1) is 0 Å². The van der Waals surface area contributed by atoms with E-state index in [9.17, 15) is 22.4 Å². The number of amides is 1. The summed E-state index contributed by atoms with van der Waals surface area (Å²) in [5, 5.41) is 2.38. The summed E-state index contributed by atoms with van der Waals surface area (Å²) >= 11 is 0. The average molecular weight is 462 g/mol. The third kappa shape index (κ3) is 4.37. The zero-order valence-corrected chi connectivity index (χ0v) is 17.6. The highest BCUT2D eigenvalue weighted by molar-refractivity contribution is 7.84. The molecule has 3 N–H and O–H groups in total. The molecule has 5 nitrogen and oxygen atoms in total. The summed E-state index contributed by atoms with van der Waals surface area (Å²) in [5.41, 5.74) is 1.35. The number of carbonyl (C=O) groups is 1. The number of aryl methyl sites for hydroxylation is 1. The van der Waals surface area contributed by atoms with Crippen LogP contribution in [0.15, 0.2) is 53.6 Å². The molecule has 1 aromatic heterocycles. The Balaban J connectivity index is 1.61. The molecule has 0 saturated carbocycles. The number of benzene rings is 2. The van der Waals surface area contributed by atoms with Crippen molar-refractivity contribution in [1.82, 2.24) is 9.29 Å². The number of hydrogen-bond donors (Lipinski definition) is 3. The van der Waals surface area contributed by atoms with Crippen LogP contribution in [0.1, 0.15) is 21.6 Å². The van der Waals surface area contributed by atoms with E-state index in [1.807, 2.05) is 6.08 Å². The van der Waals surface area contributed by atoms with Crippen LogP contribution in [0.3, 0.4) is 0 Å². The molecule has 0 bridgehead atoms. The van der Waals surface area contributed by atoms with E-state index in [1.54, 1.807) is 31.5 Å². The smallest absolute Gasteiger partial charge is 0.272 e. The van der Waals surface area contributed by atoms with Gasteiger partial charge in [0.05, 0.1) is 4.90 Å². The van der Waals surface area contributed by atoms with Gasteiger partial charge < -0.3 is 9.88 Å². The number of carbonyl (C=O) groups excluding carboxylic acids is 1. The van der Waals surface area contributed by atoms with Crippen LogP contribution in [0, 0.1) is 28.0 Å². The second kappa shape index (κ2) is 8.71. The molecule has 0 fully saturated rings. The van der Waals surface area contributed by atoms with E-state index in [4.69, 9.17) is 4.78 Å². The first-order valence-electron chi connectivity index (χ1n) is 9.52. The van der Waals surface area contributed by atoms with Crippen molar-refractivity contribution in [2.45, 2.75) is 17.4 Å². The quantitative estimate of drug-likeness (QED) is 0.388. The highest BCUT2D eigenvalue weighted by Crippen LogP contribution is 2.27. The number of anilines is 1. The van der Waals surface area contributed by atoms with Crippen LogP contribution in [0.25, 0.3) is 6.08 Å². The zero-order valence-electron chi connectivity index (χ0n) is 16.8. The lowest BCUT2D eigenvalue weighted by Crippen LogP contribution is -2.29. The molecule has 0 radical (unpaired) electrons. The lowest BCUT2D eigenvalue weighted by Gasteiger charge is -2.14. The van der Waals surface area contributed by atoms with Crippen molar-refractivity contribution in [3.8, 4) is 0 Å². The summed E-state index contributed by atoms with van der Waals surface area (Å²) in [7, 11) is 0.461. The first kappa shape index (κ1) is 22.0. The Labute approximate surface area is 183 Å². The molecular weight excluding hydrogens is 444 g/mol. The van der Waals surface area contributed by atoms with Crippen LogP contribution >= 0.6 is 0 Å².